The molecule has 0 radical (unpaired) electrons. The van der Waals surface area contributed by atoms with Crippen LogP contribution in [0.15, 0.2) is 54.2 Å². The van der Waals surface area contributed by atoms with E-state index in [4.69, 9.17) is 24.4 Å². The number of para-hydroxylation sites is 1. The predicted octanol–water partition coefficient (Wildman–Crippen LogP) is 3.70. The molecule has 0 aliphatic carbocycles. The molecule has 7 rings (SSSR count). The Kier molecular flexibility index (Phi) is 6.21. The molecule has 0 spiro atoms. The van der Waals surface area contributed by atoms with E-state index < -0.39 is 0 Å². The van der Waals surface area contributed by atoms with E-state index in [-0.39, 0.29) is 12.0 Å². The molecule has 210 valence electrons. The van der Waals surface area contributed by atoms with Crippen LogP contribution in [-0.2, 0) is 4.79 Å². The highest BCUT2D eigenvalue weighted by Crippen LogP contribution is 2.38. The summed E-state index contributed by atoms with van der Waals surface area (Å²) in [5, 5.41) is 8.98. The van der Waals surface area contributed by atoms with E-state index in [0.717, 1.165) is 58.8 Å². The zero-order chi connectivity index (χ0) is 28.1. The Morgan fingerprint density at radius 3 is 2.73 bits per heavy atom. The molecule has 5 heterocycles. The van der Waals surface area contributed by atoms with Crippen LogP contribution >= 0.6 is 0 Å². The Balaban J connectivity index is 1.27. The zero-order valence-electron chi connectivity index (χ0n) is 23.2. The van der Waals surface area contributed by atoms with Crippen molar-refractivity contribution in [3.63, 3.8) is 0 Å². The molecule has 3 aliphatic heterocycles. The van der Waals surface area contributed by atoms with Gasteiger partial charge in [-0.25, -0.2) is 0 Å². The SMILES string of the molecule is C=CC(=O)N1CCN(c2nc(O[C@H]3CC4=NC(C)CN4C3)nc3c(Oc4c(C)ccc5[nH]ncc45)cccc23)CC1. The van der Waals surface area contributed by atoms with Gasteiger partial charge in [0, 0.05) is 44.5 Å². The highest BCUT2D eigenvalue weighted by atomic mass is 16.5. The van der Waals surface area contributed by atoms with Crippen LogP contribution in [0, 0.1) is 6.92 Å². The van der Waals surface area contributed by atoms with Crippen molar-refractivity contribution in [2.75, 3.05) is 44.2 Å². The van der Waals surface area contributed by atoms with Crippen LogP contribution in [0.4, 0.5) is 5.82 Å². The van der Waals surface area contributed by atoms with Crippen molar-refractivity contribution in [3.05, 3.63) is 54.7 Å². The molecular weight excluding hydrogens is 520 g/mol. The number of rotatable bonds is 6. The zero-order valence-corrected chi connectivity index (χ0v) is 23.2. The third-order valence-electron chi connectivity index (χ3n) is 8.02. The van der Waals surface area contributed by atoms with Gasteiger partial charge in [-0.3, -0.25) is 14.9 Å². The fourth-order valence-corrected chi connectivity index (χ4v) is 5.98. The summed E-state index contributed by atoms with van der Waals surface area (Å²) in [6, 6.07) is 10.5. The summed E-state index contributed by atoms with van der Waals surface area (Å²) in [5.41, 5.74) is 2.56. The summed E-state index contributed by atoms with van der Waals surface area (Å²) in [7, 11) is 0. The van der Waals surface area contributed by atoms with Gasteiger partial charge in [-0.05, 0) is 43.7 Å². The largest absolute Gasteiger partial charge is 0.458 e. The maximum atomic E-state index is 12.2. The maximum Gasteiger partial charge on any atom is 0.319 e. The summed E-state index contributed by atoms with van der Waals surface area (Å²) in [6.07, 6.45) is 3.80. The molecule has 41 heavy (non-hydrogen) atoms. The standard InChI is InChI=1S/C30H32N8O3/c1-4-26(39)36-10-12-37(13-11-36)29-21-6-5-7-24(41-28-18(2)8-9-23-22(28)15-31-35-23)27(21)33-30(34-29)40-20-14-25-32-19(3)16-38(25)17-20/h4-9,15,19-20H,1,10-14,16-17H2,2-3H3,(H,31,35)/t19?,20-/m0/s1. The number of H-pyrrole nitrogens is 1. The lowest BCUT2D eigenvalue weighted by molar-refractivity contribution is -0.126. The average Bonchev–Trinajstić information content (AvgIpc) is 3.69. The molecule has 2 saturated heterocycles. The number of piperazine rings is 1. The van der Waals surface area contributed by atoms with Crippen LogP contribution in [0.2, 0.25) is 0 Å². The number of nitrogens with one attached hydrogen (secondary N) is 1. The number of amidine groups is 1. The fourth-order valence-electron chi connectivity index (χ4n) is 5.98. The van der Waals surface area contributed by atoms with Gasteiger partial charge < -0.3 is 24.2 Å². The van der Waals surface area contributed by atoms with Crippen molar-refractivity contribution in [1.29, 1.82) is 0 Å². The van der Waals surface area contributed by atoms with E-state index in [1.165, 1.54) is 6.08 Å². The third-order valence-corrected chi connectivity index (χ3v) is 8.02. The number of benzene rings is 2. The number of fused-ring (bicyclic) bond motifs is 3. The second-order valence-electron chi connectivity index (χ2n) is 10.9. The number of anilines is 1. The first-order chi connectivity index (χ1) is 20.0. The van der Waals surface area contributed by atoms with Crippen LogP contribution in [0.3, 0.4) is 0 Å². The minimum absolute atomic E-state index is 0.0558. The number of aryl methyl sites for hydroxylation is 1. The minimum Gasteiger partial charge on any atom is -0.458 e. The van der Waals surface area contributed by atoms with Crippen LogP contribution in [0.25, 0.3) is 21.8 Å². The Morgan fingerprint density at radius 2 is 1.93 bits per heavy atom. The van der Waals surface area contributed by atoms with Gasteiger partial charge in [-0.1, -0.05) is 18.7 Å². The highest BCUT2D eigenvalue weighted by molar-refractivity contribution is 5.95. The van der Waals surface area contributed by atoms with Crippen molar-refractivity contribution in [1.82, 2.24) is 30.0 Å². The van der Waals surface area contributed by atoms with Gasteiger partial charge >= 0.3 is 6.01 Å². The van der Waals surface area contributed by atoms with Gasteiger partial charge in [-0.2, -0.15) is 15.1 Å². The number of carbonyl (C=O) groups is 1. The van der Waals surface area contributed by atoms with E-state index in [0.29, 0.717) is 49.5 Å². The Morgan fingerprint density at radius 1 is 1.07 bits per heavy atom. The first-order valence-electron chi connectivity index (χ1n) is 14.0. The van der Waals surface area contributed by atoms with E-state index in [9.17, 15) is 4.79 Å². The van der Waals surface area contributed by atoms with Crippen LogP contribution in [0.1, 0.15) is 18.9 Å². The second kappa shape index (κ2) is 10.1. The number of amides is 1. The number of hydrogen-bond donors (Lipinski definition) is 1. The van der Waals surface area contributed by atoms with Crippen molar-refractivity contribution in [2.45, 2.75) is 32.4 Å². The summed E-state index contributed by atoms with van der Waals surface area (Å²) in [6.45, 7) is 11.9. The van der Waals surface area contributed by atoms with E-state index in [2.05, 4.69) is 33.5 Å². The van der Waals surface area contributed by atoms with E-state index in [1.54, 1.807) is 11.1 Å². The lowest BCUT2D eigenvalue weighted by atomic mass is 10.1. The monoisotopic (exact) mass is 552 g/mol. The molecule has 4 aromatic rings. The Hall–Kier alpha value is -4.67. The Bertz CT molecular complexity index is 1690. The van der Waals surface area contributed by atoms with Crippen LogP contribution in [0.5, 0.6) is 17.5 Å². The molecule has 3 aliphatic rings. The molecule has 0 saturated carbocycles. The molecule has 1 amide bonds. The first kappa shape index (κ1) is 25.3. The number of aromatic amines is 1. The first-order valence-corrected chi connectivity index (χ1v) is 14.0. The average molecular weight is 553 g/mol. The van der Waals surface area contributed by atoms with Crippen molar-refractivity contribution >= 4 is 39.4 Å². The van der Waals surface area contributed by atoms with Gasteiger partial charge in [0.05, 0.1) is 29.7 Å². The normalized spacial score (nSPS) is 20.4. The quantitative estimate of drug-likeness (QED) is 0.361. The minimum atomic E-state index is -0.0800. The number of carbonyl (C=O) groups excluding carboxylic acids is 1. The number of aromatic nitrogens is 4. The van der Waals surface area contributed by atoms with Crippen LogP contribution in [-0.4, -0.2) is 93.1 Å². The molecule has 2 aromatic carbocycles. The second-order valence-corrected chi connectivity index (χ2v) is 10.9. The summed E-state index contributed by atoms with van der Waals surface area (Å²) in [5.74, 6) is 3.15. The maximum absolute atomic E-state index is 12.2. The van der Waals surface area contributed by atoms with Crippen molar-refractivity contribution in [3.8, 4) is 17.5 Å². The predicted molar refractivity (Wildman–Crippen MR) is 157 cm³/mol. The van der Waals surface area contributed by atoms with Crippen molar-refractivity contribution < 1.29 is 14.3 Å². The van der Waals surface area contributed by atoms with Crippen LogP contribution < -0.4 is 14.4 Å². The lowest BCUT2D eigenvalue weighted by Gasteiger charge is -2.35. The number of ether oxygens (including phenoxy) is 2. The number of nitrogens with zero attached hydrogens (tertiary/aromatic N) is 7. The molecule has 1 unspecified atom stereocenters. The van der Waals surface area contributed by atoms with E-state index >= 15 is 0 Å². The fraction of sp³-hybridized carbons (Fsp3) is 0.367. The van der Waals surface area contributed by atoms with Gasteiger partial charge in [-0.15, -0.1) is 0 Å². The van der Waals surface area contributed by atoms with E-state index in [1.807, 2.05) is 37.3 Å². The molecule has 1 N–H and O–H groups in total. The van der Waals surface area contributed by atoms with Crippen molar-refractivity contribution in [2.24, 2.45) is 4.99 Å². The summed E-state index contributed by atoms with van der Waals surface area (Å²) < 4.78 is 13.0. The molecule has 11 nitrogen and oxygen atoms in total. The molecular formula is C30H32N8O3. The lowest BCUT2D eigenvalue weighted by Crippen LogP contribution is -2.48. The number of aliphatic imine (C=N–C) groups is 1. The highest BCUT2D eigenvalue weighted by Gasteiger charge is 2.35. The molecule has 2 aromatic heterocycles. The smallest absolute Gasteiger partial charge is 0.319 e. The molecule has 11 heteroatoms. The van der Waals surface area contributed by atoms with Gasteiger partial charge in [0.2, 0.25) is 5.91 Å². The van der Waals surface area contributed by atoms with Gasteiger partial charge in [0.25, 0.3) is 0 Å². The molecule has 0 bridgehead atoms. The number of hydrogen-bond acceptors (Lipinski definition) is 9. The molecule has 2 atom stereocenters. The topological polar surface area (TPSA) is 112 Å². The third kappa shape index (κ3) is 4.60. The van der Waals surface area contributed by atoms with Gasteiger partial charge in [0.1, 0.15) is 29.0 Å². The van der Waals surface area contributed by atoms with Gasteiger partial charge in [0.15, 0.2) is 5.75 Å². The Labute approximate surface area is 237 Å². The summed E-state index contributed by atoms with van der Waals surface area (Å²) in [4.78, 5) is 33.1. The molecule has 2 fully saturated rings. The summed E-state index contributed by atoms with van der Waals surface area (Å²) >= 11 is 0.